The van der Waals surface area contributed by atoms with E-state index in [0.717, 1.165) is 19.2 Å². The zero-order valence-electron chi connectivity index (χ0n) is 14.6. The number of hydrogen-bond donors (Lipinski definition) is 0. The molecule has 1 aromatic carbocycles. The Kier molecular flexibility index (Phi) is 5.59. The number of fused-ring (bicyclic) bond motifs is 1. The molecule has 0 aliphatic carbocycles. The normalized spacial score (nSPS) is 13.8. The fraction of sp³-hybridized carbons (Fsp3) is 0.235. The molecular formula is C17H11Cl2F4N3O3. The van der Waals surface area contributed by atoms with Gasteiger partial charge in [0.15, 0.2) is 6.61 Å². The summed E-state index contributed by atoms with van der Waals surface area (Å²) in [5, 5.41) is 3.58. The highest BCUT2D eigenvalue weighted by molar-refractivity contribution is 6.55. The number of ether oxygens (including phenoxy) is 1. The van der Waals surface area contributed by atoms with Crippen LogP contribution in [0.25, 0.3) is 11.3 Å². The number of carbonyl (C=O) groups is 1. The Balaban J connectivity index is 2.16. The summed E-state index contributed by atoms with van der Waals surface area (Å²) in [6.07, 6.45) is -3.49. The van der Waals surface area contributed by atoms with Crippen LogP contribution in [0.2, 0.25) is 0 Å². The van der Waals surface area contributed by atoms with Gasteiger partial charge < -0.3 is 9.64 Å². The SMILES string of the molecule is Cn1nc(-c2cc3c(cc2F)OCC(=O)N3CC=C(Cl)Cl)c(=O)cc1C(F)(F)F. The molecule has 1 aliphatic heterocycles. The number of alkyl halides is 3. The Labute approximate surface area is 170 Å². The van der Waals surface area contributed by atoms with E-state index < -0.39 is 34.7 Å². The number of benzene rings is 1. The van der Waals surface area contributed by atoms with E-state index in [2.05, 4.69) is 5.10 Å². The van der Waals surface area contributed by atoms with Crippen molar-refractivity contribution in [1.82, 2.24) is 9.78 Å². The second kappa shape index (κ2) is 7.68. The first-order chi connectivity index (χ1) is 13.5. The second-order valence-corrected chi connectivity index (χ2v) is 6.96. The van der Waals surface area contributed by atoms with Crippen molar-refractivity contribution >= 4 is 34.8 Å². The molecule has 0 spiro atoms. The molecule has 1 aliphatic rings. The van der Waals surface area contributed by atoms with Gasteiger partial charge in [-0.25, -0.2) is 4.39 Å². The van der Waals surface area contributed by atoms with Gasteiger partial charge in [-0.05, 0) is 12.1 Å². The third-order valence-corrected chi connectivity index (χ3v) is 4.37. The highest BCUT2D eigenvalue weighted by Gasteiger charge is 2.35. The minimum atomic E-state index is -4.81. The maximum absolute atomic E-state index is 14.6. The molecule has 0 N–H and O–H groups in total. The molecule has 154 valence electrons. The Morgan fingerprint density at radius 2 is 1.97 bits per heavy atom. The van der Waals surface area contributed by atoms with E-state index in [0.29, 0.717) is 10.7 Å². The first-order valence-corrected chi connectivity index (χ1v) is 8.68. The maximum Gasteiger partial charge on any atom is 0.433 e. The lowest BCUT2D eigenvalue weighted by atomic mass is 10.1. The van der Waals surface area contributed by atoms with Gasteiger partial charge in [-0.3, -0.25) is 14.3 Å². The van der Waals surface area contributed by atoms with Gasteiger partial charge >= 0.3 is 6.18 Å². The molecule has 0 saturated heterocycles. The molecule has 2 heterocycles. The van der Waals surface area contributed by atoms with Gasteiger partial charge in [-0.1, -0.05) is 23.2 Å². The van der Waals surface area contributed by atoms with Crippen LogP contribution in [0.5, 0.6) is 5.75 Å². The average molecular weight is 452 g/mol. The minimum Gasteiger partial charge on any atom is -0.481 e. The van der Waals surface area contributed by atoms with Crippen molar-refractivity contribution in [2.24, 2.45) is 7.05 Å². The number of hydrogen-bond acceptors (Lipinski definition) is 4. The number of aryl methyl sites for hydroxylation is 1. The van der Waals surface area contributed by atoms with Crippen LogP contribution in [0, 0.1) is 5.82 Å². The molecule has 1 amide bonds. The third-order valence-electron chi connectivity index (χ3n) is 4.07. The largest absolute Gasteiger partial charge is 0.481 e. The highest BCUT2D eigenvalue weighted by atomic mass is 35.5. The fourth-order valence-corrected chi connectivity index (χ4v) is 2.89. The number of anilines is 1. The number of halogens is 6. The van der Waals surface area contributed by atoms with E-state index in [1.165, 1.54) is 11.0 Å². The Morgan fingerprint density at radius 3 is 2.59 bits per heavy atom. The number of amides is 1. The van der Waals surface area contributed by atoms with Crippen molar-refractivity contribution < 1.29 is 27.1 Å². The second-order valence-electron chi connectivity index (χ2n) is 5.95. The molecule has 1 aromatic heterocycles. The molecule has 0 radical (unpaired) electrons. The summed E-state index contributed by atoms with van der Waals surface area (Å²) in [5.74, 6) is -1.43. The van der Waals surface area contributed by atoms with Crippen molar-refractivity contribution in [2.75, 3.05) is 18.1 Å². The van der Waals surface area contributed by atoms with Gasteiger partial charge in [-0.2, -0.15) is 18.3 Å². The van der Waals surface area contributed by atoms with Crippen LogP contribution < -0.4 is 15.1 Å². The Bertz CT molecular complexity index is 1080. The van der Waals surface area contributed by atoms with E-state index in [-0.39, 0.29) is 34.6 Å². The van der Waals surface area contributed by atoms with E-state index in [9.17, 15) is 27.2 Å². The van der Waals surface area contributed by atoms with Crippen molar-refractivity contribution in [1.29, 1.82) is 0 Å². The molecule has 0 saturated carbocycles. The molecule has 0 unspecified atom stereocenters. The summed E-state index contributed by atoms with van der Waals surface area (Å²) in [4.78, 5) is 25.6. The summed E-state index contributed by atoms with van der Waals surface area (Å²) in [7, 11) is 0.980. The number of aromatic nitrogens is 2. The summed E-state index contributed by atoms with van der Waals surface area (Å²) < 4.78 is 59.0. The van der Waals surface area contributed by atoms with Crippen LogP contribution in [0.1, 0.15) is 5.69 Å². The van der Waals surface area contributed by atoms with Crippen LogP contribution in [-0.4, -0.2) is 28.8 Å². The number of nitrogens with zero attached hydrogens (tertiary/aromatic N) is 3. The molecule has 0 fully saturated rings. The molecule has 29 heavy (non-hydrogen) atoms. The smallest absolute Gasteiger partial charge is 0.433 e. The molecule has 6 nitrogen and oxygen atoms in total. The van der Waals surface area contributed by atoms with Crippen molar-refractivity contribution in [3.05, 3.63) is 50.5 Å². The maximum atomic E-state index is 14.6. The van der Waals surface area contributed by atoms with Crippen molar-refractivity contribution in [3.8, 4) is 17.0 Å². The lowest BCUT2D eigenvalue weighted by molar-refractivity contribution is -0.144. The van der Waals surface area contributed by atoms with E-state index in [4.69, 9.17) is 27.9 Å². The first kappa shape index (κ1) is 21.1. The number of rotatable bonds is 3. The predicted molar refractivity (Wildman–Crippen MR) is 97.5 cm³/mol. The molecule has 0 bridgehead atoms. The molecule has 12 heteroatoms. The predicted octanol–water partition coefficient (Wildman–Crippen LogP) is 3.65. The lowest BCUT2D eigenvalue weighted by Gasteiger charge is -2.29. The van der Waals surface area contributed by atoms with E-state index >= 15 is 0 Å². The monoisotopic (exact) mass is 451 g/mol. The quantitative estimate of drug-likeness (QED) is 0.668. The van der Waals surface area contributed by atoms with Gasteiger partial charge in [0.05, 0.1) is 5.69 Å². The Hall–Kier alpha value is -2.59. The van der Waals surface area contributed by atoms with Crippen LogP contribution >= 0.6 is 23.2 Å². The summed E-state index contributed by atoms with van der Waals surface area (Å²) in [5.41, 5.74) is -3.27. The summed E-state index contributed by atoms with van der Waals surface area (Å²) >= 11 is 11.1. The van der Waals surface area contributed by atoms with Gasteiger partial charge in [-0.15, -0.1) is 0 Å². The van der Waals surface area contributed by atoms with Crippen LogP contribution in [0.3, 0.4) is 0 Å². The van der Waals surface area contributed by atoms with Gasteiger partial charge in [0.1, 0.15) is 27.4 Å². The van der Waals surface area contributed by atoms with Crippen molar-refractivity contribution in [3.63, 3.8) is 0 Å². The van der Waals surface area contributed by atoms with E-state index in [1.54, 1.807) is 0 Å². The van der Waals surface area contributed by atoms with E-state index in [1.807, 2.05) is 0 Å². The molecule has 2 aromatic rings. The molecular weight excluding hydrogens is 441 g/mol. The fourth-order valence-electron chi connectivity index (χ4n) is 2.75. The van der Waals surface area contributed by atoms with Crippen LogP contribution in [0.15, 0.2) is 33.6 Å². The van der Waals surface area contributed by atoms with Gasteiger partial charge in [0.2, 0.25) is 5.43 Å². The van der Waals surface area contributed by atoms with Crippen molar-refractivity contribution in [2.45, 2.75) is 6.18 Å². The summed E-state index contributed by atoms with van der Waals surface area (Å²) in [6.45, 7) is -0.430. The average Bonchev–Trinajstić information content (AvgIpc) is 2.61. The first-order valence-electron chi connectivity index (χ1n) is 7.93. The zero-order valence-corrected chi connectivity index (χ0v) is 16.1. The highest BCUT2D eigenvalue weighted by Crippen LogP contribution is 2.37. The standard InChI is InChI=1S/C17H11Cl2F4N3O3/c1-25-13(17(21,22)23)6-11(27)16(24-25)8-4-10-12(5-9(8)20)29-7-15(28)26(10)3-2-14(18)19/h2,4-6H,3,7H2,1H3. The Morgan fingerprint density at radius 1 is 1.28 bits per heavy atom. The molecule has 0 atom stereocenters. The zero-order chi connectivity index (χ0) is 21.5. The summed E-state index contributed by atoms with van der Waals surface area (Å²) in [6, 6.07) is 2.36. The van der Waals surface area contributed by atoms with Crippen LogP contribution in [0.4, 0.5) is 23.2 Å². The lowest BCUT2D eigenvalue weighted by Crippen LogP contribution is -2.39. The van der Waals surface area contributed by atoms with Crippen LogP contribution in [-0.2, 0) is 18.0 Å². The minimum absolute atomic E-state index is 0.00804. The number of carbonyl (C=O) groups excluding carboxylic acids is 1. The molecule has 3 rings (SSSR count). The topological polar surface area (TPSA) is 64.4 Å². The van der Waals surface area contributed by atoms with Gasteiger partial charge in [0, 0.05) is 31.3 Å². The third kappa shape index (κ3) is 4.23. The van der Waals surface area contributed by atoms with Gasteiger partial charge in [0.25, 0.3) is 5.91 Å².